The first-order valence-electron chi connectivity index (χ1n) is 8.66. The molecule has 0 radical (unpaired) electrons. The number of carbonyl (C=O) groups is 1. The van der Waals surface area contributed by atoms with E-state index >= 15 is 0 Å². The summed E-state index contributed by atoms with van der Waals surface area (Å²) in [5, 5.41) is 6.43. The second-order valence-electron chi connectivity index (χ2n) is 5.82. The van der Waals surface area contributed by atoms with Gasteiger partial charge in [0.05, 0.1) is 25.9 Å². The minimum absolute atomic E-state index is 0.127. The Morgan fingerprint density at radius 2 is 1.85 bits per heavy atom. The van der Waals surface area contributed by atoms with Gasteiger partial charge >= 0.3 is 6.03 Å². The summed E-state index contributed by atoms with van der Waals surface area (Å²) in [4.78, 5) is 12.2. The summed E-state index contributed by atoms with van der Waals surface area (Å²) in [6, 6.07) is 14.6. The molecule has 0 saturated heterocycles. The lowest BCUT2D eigenvalue weighted by Gasteiger charge is -2.15. The summed E-state index contributed by atoms with van der Waals surface area (Å²) in [7, 11) is 0. The minimum Gasteiger partial charge on any atom is -0.379 e. The largest absolute Gasteiger partial charge is 0.379 e. The fourth-order valence-electron chi connectivity index (χ4n) is 2.39. The zero-order valence-corrected chi connectivity index (χ0v) is 15.9. The van der Waals surface area contributed by atoms with Crippen LogP contribution < -0.4 is 10.6 Å². The molecule has 2 N–H and O–H groups in total. The van der Waals surface area contributed by atoms with Gasteiger partial charge in [-0.05, 0) is 49.2 Å². The summed E-state index contributed by atoms with van der Waals surface area (Å²) in [6.07, 6.45) is 0. The molecule has 0 saturated carbocycles. The molecule has 2 aromatic carbocycles. The van der Waals surface area contributed by atoms with Crippen LogP contribution in [0.2, 0.25) is 5.02 Å². The van der Waals surface area contributed by atoms with Crippen molar-refractivity contribution >= 4 is 23.3 Å². The predicted octanol–water partition coefficient (Wildman–Crippen LogP) is 4.78. The van der Waals surface area contributed by atoms with Crippen LogP contribution in [0, 0.1) is 0 Å². The molecule has 1 unspecified atom stereocenters. The Hall–Kier alpha value is -2.08. The average Bonchev–Trinajstić information content (AvgIpc) is 2.62. The van der Waals surface area contributed by atoms with Gasteiger partial charge in [0.1, 0.15) is 0 Å². The lowest BCUT2D eigenvalue weighted by molar-refractivity contribution is 0.0453. The zero-order chi connectivity index (χ0) is 18.8. The molecular weight excluding hydrogens is 352 g/mol. The lowest BCUT2D eigenvalue weighted by Crippen LogP contribution is -2.31. The third-order valence-electron chi connectivity index (χ3n) is 3.75. The van der Waals surface area contributed by atoms with E-state index in [1.807, 2.05) is 62.4 Å². The third-order valence-corrected chi connectivity index (χ3v) is 4.00. The number of urea groups is 1. The quantitative estimate of drug-likeness (QED) is 0.619. The summed E-state index contributed by atoms with van der Waals surface area (Å²) < 4.78 is 10.8. The average molecular weight is 377 g/mol. The lowest BCUT2D eigenvalue weighted by atomic mass is 10.1. The molecule has 5 nitrogen and oxygen atoms in total. The highest BCUT2D eigenvalue weighted by atomic mass is 35.5. The first-order chi connectivity index (χ1) is 12.6. The Labute approximate surface area is 159 Å². The molecular formula is C20H25ClN2O3. The molecule has 6 heteroatoms. The maximum atomic E-state index is 12.2. The van der Waals surface area contributed by atoms with Crippen molar-refractivity contribution in [3.8, 4) is 0 Å². The molecule has 2 aromatic rings. The third kappa shape index (κ3) is 7.04. The molecule has 140 valence electrons. The molecule has 0 aromatic heterocycles. The predicted molar refractivity (Wildman–Crippen MR) is 105 cm³/mol. The van der Waals surface area contributed by atoms with E-state index in [9.17, 15) is 4.79 Å². The van der Waals surface area contributed by atoms with Crippen molar-refractivity contribution in [3.63, 3.8) is 0 Å². The fourth-order valence-corrected chi connectivity index (χ4v) is 2.52. The standard InChI is InChI=1S/C20H25ClN2O3/c1-3-25-11-12-26-14-16-5-4-6-19(13-16)23-20(24)22-15(2)17-7-9-18(21)10-8-17/h4-10,13,15H,3,11-12,14H2,1-2H3,(H2,22,23,24). The highest BCUT2D eigenvalue weighted by molar-refractivity contribution is 6.30. The second-order valence-corrected chi connectivity index (χ2v) is 6.26. The van der Waals surface area contributed by atoms with E-state index in [2.05, 4.69) is 10.6 Å². The molecule has 0 fully saturated rings. The van der Waals surface area contributed by atoms with Crippen molar-refractivity contribution in [1.29, 1.82) is 0 Å². The normalized spacial score (nSPS) is 11.8. The Morgan fingerprint density at radius 3 is 2.58 bits per heavy atom. The molecule has 0 aliphatic heterocycles. The maximum Gasteiger partial charge on any atom is 0.319 e. The first-order valence-corrected chi connectivity index (χ1v) is 9.03. The van der Waals surface area contributed by atoms with Crippen molar-refractivity contribution in [2.45, 2.75) is 26.5 Å². The summed E-state index contributed by atoms with van der Waals surface area (Å²) in [5.74, 6) is 0. The van der Waals surface area contributed by atoms with Crippen molar-refractivity contribution in [2.75, 3.05) is 25.1 Å². The highest BCUT2D eigenvalue weighted by Gasteiger charge is 2.09. The van der Waals surface area contributed by atoms with Crippen LogP contribution in [-0.2, 0) is 16.1 Å². The first kappa shape index (κ1) is 20.2. The van der Waals surface area contributed by atoms with Gasteiger partial charge < -0.3 is 20.1 Å². The molecule has 0 aliphatic carbocycles. The maximum absolute atomic E-state index is 12.2. The topological polar surface area (TPSA) is 59.6 Å². The smallest absolute Gasteiger partial charge is 0.319 e. The van der Waals surface area contributed by atoms with E-state index in [-0.39, 0.29) is 12.1 Å². The van der Waals surface area contributed by atoms with E-state index in [0.717, 1.165) is 16.8 Å². The van der Waals surface area contributed by atoms with Gasteiger partial charge in [0.15, 0.2) is 0 Å². The SMILES string of the molecule is CCOCCOCc1cccc(NC(=O)NC(C)c2ccc(Cl)cc2)c1. The Kier molecular flexibility index (Phi) is 8.41. The second kappa shape index (κ2) is 10.8. The molecule has 2 rings (SSSR count). The zero-order valence-electron chi connectivity index (χ0n) is 15.1. The van der Waals surface area contributed by atoms with E-state index in [1.165, 1.54) is 0 Å². The molecule has 2 amide bonds. The Morgan fingerprint density at radius 1 is 1.12 bits per heavy atom. The number of benzene rings is 2. The number of halogens is 1. The Balaban J connectivity index is 1.82. The monoisotopic (exact) mass is 376 g/mol. The fraction of sp³-hybridized carbons (Fsp3) is 0.350. The van der Waals surface area contributed by atoms with Crippen LogP contribution in [0.1, 0.15) is 31.0 Å². The molecule has 0 bridgehead atoms. The van der Waals surface area contributed by atoms with Crippen LogP contribution in [0.15, 0.2) is 48.5 Å². The van der Waals surface area contributed by atoms with Gasteiger partial charge in [-0.2, -0.15) is 0 Å². The van der Waals surface area contributed by atoms with Crippen molar-refractivity contribution in [2.24, 2.45) is 0 Å². The van der Waals surface area contributed by atoms with Crippen molar-refractivity contribution in [1.82, 2.24) is 5.32 Å². The van der Waals surface area contributed by atoms with Crippen molar-refractivity contribution < 1.29 is 14.3 Å². The van der Waals surface area contributed by atoms with Gasteiger partial charge in [0.2, 0.25) is 0 Å². The van der Waals surface area contributed by atoms with Gasteiger partial charge in [0.25, 0.3) is 0 Å². The highest BCUT2D eigenvalue weighted by Crippen LogP contribution is 2.17. The summed E-state index contributed by atoms with van der Waals surface area (Å²) in [6.45, 7) is 6.17. The van der Waals surface area contributed by atoms with Crippen molar-refractivity contribution in [3.05, 3.63) is 64.7 Å². The molecule has 0 heterocycles. The molecule has 0 spiro atoms. The molecule has 26 heavy (non-hydrogen) atoms. The number of carbonyl (C=O) groups excluding carboxylic acids is 1. The Bertz CT molecular complexity index is 692. The van der Waals surface area contributed by atoms with Gasteiger partial charge in [-0.3, -0.25) is 0 Å². The molecule has 1 atom stereocenters. The number of rotatable bonds is 9. The van der Waals surface area contributed by atoms with Crippen LogP contribution in [0.4, 0.5) is 10.5 Å². The van der Waals surface area contributed by atoms with Gasteiger partial charge in [-0.25, -0.2) is 4.79 Å². The van der Waals surface area contributed by atoms with Crippen LogP contribution >= 0.6 is 11.6 Å². The number of hydrogen-bond acceptors (Lipinski definition) is 3. The minimum atomic E-state index is -0.262. The number of ether oxygens (including phenoxy) is 2. The van der Waals surface area contributed by atoms with Crippen LogP contribution in [0.25, 0.3) is 0 Å². The van der Waals surface area contributed by atoms with E-state index < -0.39 is 0 Å². The van der Waals surface area contributed by atoms with Crippen LogP contribution in [0.5, 0.6) is 0 Å². The van der Waals surface area contributed by atoms with E-state index in [1.54, 1.807) is 0 Å². The van der Waals surface area contributed by atoms with Gasteiger partial charge in [0, 0.05) is 17.3 Å². The van der Waals surface area contributed by atoms with Crippen LogP contribution in [-0.4, -0.2) is 25.9 Å². The summed E-state index contributed by atoms with van der Waals surface area (Å²) >= 11 is 5.89. The van der Waals surface area contributed by atoms with Gasteiger partial charge in [-0.1, -0.05) is 35.9 Å². The number of amides is 2. The van der Waals surface area contributed by atoms with E-state index in [0.29, 0.717) is 31.5 Å². The van der Waals surface area contributed by atoms with E-state index in [4.69, 9.17) is 21.1 Å². The summed E-state index contributed by atoms with van der Waals surface area (Å²) in [5.41, 5.74) is 2.70. The number of nitrogens with one attached hydrogen (secondary N) is 2. The number of hydrogen-bond donors (Lipinski definition) is 2. The number of anilines is 1. The van der Waals surface area contributed by atoms with Crippen LogP contribution in [0.3, 0.4) is 0 Å². The van der Waals surface area contributed by atoms with Gasteiger partial charge in [-0.15, -0.1) is 0 Å². The molecule has 0 aliphatic rings.